The first-order chi connectivity index (χ1) is 14.9. The number of aromatic hydroxyl groups is 1. The average molecular weight is 418 g/mol. The van der Waals surface area contributed by atoms with Crippen LogP contribution in [0.15, 0.2) is 78.9 Å². The molecule has 0 bridgehead atoms. The third-order valence-corrected chi connectivity index (χ3v) is 6.00. The van der Waals surface area contributed by atoms with Crippen LogP contribution in [0.4, 0.5) is 15.8 Å². The van der Waals surface area contributed by atoms with Gasteiger partial charge in [0.2, 0.25) is 5.91 Å². The van der Waals surface area contributed by atoms with Crippen molar-refractivity contribution in [3.8, 4) is 5.75 Å². The van der Waals surface area contributed by atoms with Gasteiger partial charge in [0.15, 0.2) is 6.10 Å². The van der Waals surface area contributed by atoms with Crippen molar-refractivity contribution in [1.82, 2.24) is 0 Å². The van der Waals surface area contributed by atoms with E-state index < -0.39 is 35.2 Å². The lowest BCUT2D eigenvalue weighted by Crippen LogP contribution is -2.41. The van der Waals surface area contributed by atoms with E-state index in [2.05, 4.69) is 0 Å². The van der Waals surface area contributed by atoms with E-state index >= 15 is 0 Å². The molecule has 156 valence electrons. The predicted octanol–water partition coefficient (Wildman–Crippen LogP) is 3.97. The average Bonchev–Trinajstić information content (AvgIpc) is 3.19. The SMILES string of the molecule is C[C@]12C(=O)N(c3ccc(F)cc3)C(=O)[C@@H]1ON(c1ccccc1)[C@@H]2c1ccccc1O. The van der Waals surface area contributed by atoms with Crippen LogP contribution in [-0.4, -0.2) is 23.0 Å². The van der Waals surface area contributed by atoms with Gasteiger partial charge in [-0.2, -0.15) is 0 Å². The summed E-state index contributed by atoms with van der Waals surface area (Å²) in [6, 6.07) is 20.2. The number of benzene rings is 3. The molecule has 3 aromatic rings. The van der Waals surface area contributed by atoms with Crippen LogP contribution in [0, 0.1) is 11.2 Å². The molecule has 5 rings (SSSR count). The molecule has 0 unspecified atom stereocenters. The lowest BCUT2D eigenvalue weighted by molar-refractivity contribution is -0.128. The van der Waals surface area contributed by atoms with E-state index in [1.165, 1.54) is 35.4 Å². The molecule has 2 heterocycles. The van der Waals surface area contributed by atoms with E-state index in [0.29, 0.717) is 11.3 Å². The molecule has 6 nitrogen and oxygen atoms in total. The minimum Gasteiger partial charge on any atom is -0.508 e. The molecule has 2 aliphatic heterocycles. The van der Waals surface area contributed by atoms with E-state index in [0.717, 1.165) is 4.90 Å². The monoisotopic (exact) mass is 418 g/mol. The fourth-order valence-electron chi connectivity index (χ4n) is 4.45. The topological polar surface area (TPSA) is 70.1 Å². The molecular weight excluding hydrogens is 399 g/mol. The molecule has 3 aromatic carbocycles. The first kappa shape index (κ1) is 19.3. The molecule has 2 amide bonds. The first-order valence-corrected chi connectivity index (χ1v) is 9.86. The highest BCUT2D eigenvalue weighted by Gasteiger charge is 2.69. The van der Waals surface area contributed by atoms with Crippen LogP contribution >= 0.6 is 0 Å². The van der Waals surface area contributed by atoms with Crippen molar-refractivity contribution in [1.29, 1.82) is 0 Å². The summed E-state index contributed by atoms with van der Waals surface area (Å²) in [7, 11) is 0. The van der Waals surface area contributed by atoms with Crippen molar-refractivity contribution in [3.63, 3.8) is 0 Å². The zero-order valence-electron chi connectivity index (χ0n) is 16.6. The fraction of sp³-hybridized carbons (Fsp3) is 0.167. The van der Waals surface area contributed by atoms with Gasteiger partial charge >= 0.3 is 0 Å². The van der Waals surface area contributed by atoms with E-state index in [4.69, 9.17) is 4.84 Å². The Morgan fingerprint density at radius 3 is 2.23 bits per heavy atom. The number of nitrogens with zero attached hydrogens (tertiary/aromatic N) is 2. The number of phenolic OH excluding ortho intramolecular Hbond substituents is 1. The summed E-state index contributed by atoms with van der Waals surface area (Å²) in [5.41, 5.74) is 0.0804. The Labute approximate surface area is 178 Å². The molecule has 1 N–H and O–H groups in total. The Kier molecular flexibility index (Phi) is 4.30. The Balaban J connectivity index is 1.66. The van der Waals surface area contributed by atoms with Crippen molar-refractivity contribution in [2.75, 3.05) is 9.96 Å². The smallest absolute Gasteiger partial charge is 0.266 e. The van der Waals surface area contributed by atoms with Crippen molar-refractivity contribution in [2.24, 2.45) is 5.41 Å². The van der Waals surface area contributed by atoms with Crippen LogP contribution in [0.25, 0.3) is 0 Å². The van der Waals surface area contributed by atoms with Gasteiger partial charge in [0.1, 0.15) is 23.0 Å². The molecule has 2 fully saturated rings. The van der Waals surface area contributed by atoms with Crippen molar-refractivity contribution < 1.29 is 23.9 Å². The zero-order valence-corrected chi connectivity index (χ0v) is 16.6. The summed E-state index contributed by atoms with van der Waals surface area (Å²) in [5, 5.41) is 12.1. The highest BCUT2D eigenvalue weighted by Crippen LogP contribution is 2.56. The van der Waals surface area contributed by atoms with Crippen LogP contribution in [0.5, 0.6) is 5.75 Å². The molecule has 0 spiro atoms. The molecule has 0 saturated carbocycles. The van der Waals surface area contributed by atoms with E-state index in [-0.39, 0.29) is 11.4 Å². The Hall–Kier alpha value is -3.71. The maximum atomic E-state index is 13.7. The number of hydrogen-bond acceptors (Lipinski definition) is 5. The lowest BCUT2D eigenvalue weighted by atomic mass is 9.76. The standard InChI is InChI=1S/C24H19FN2O4/c1-24-20(18-9-5-6-10-19(18)28)27(17-7-3-2-4-8-17)31-21(24)22(29)26(23(24)30)16-13-11-15(25)12-14-16/h2-14,20-21,28H,1H3/t20-,21+,24-/m1/s1. The molecule has 0 aliphatic carbocycles. The lowest BCUT2D eigenvalue weighted by Gasteiger charge is -2.33. The molecule has 7 heteroatoms. The molecule has 0 aromatic heterocycles. The number of para-hydroxylation sites is 2. The Morgan fingerprint density at radius 2 is 1.55 bits per heavy atom. The third kappa shape index (κ3) is 2.74. The number of carbonyl (C=O) groups is 2. The quantitative estimate of drug-likeness (QED) is 0.652. The number of hydroxylamine groups is 1. The fourth-order valence-corrected chi connectivity index (χ4v) is 4.45. The number of fused-ring (bicyclic) bond motifs is 1. The number of imide groups is 1. The molecule has 3 atom stereocenters. The van der Waals surface area contributed by atoms with Crippen molar-refractivity contribution in [3.05, 3.63) is 90.2 Å². The van der Waals surface area contributed by atoms with Crippen LogP contribution in [0.1, 0.15) is 18.5 Å². The Bertz CT molecular complexity index is 1170. The zero-order chi connectivity index (χ0) is 21.8. The maximum absolute atomic E-state index is 13.7. The molecule has 2 aliphatic rings. The highest BCUT2D eigenvalue weighted by atomic mass is 19.1. The summed E-state index contributed by atoms with van der Waals surface area (Å²) in [4.78, 5) is 34.2. The third-order valence-electron chi connectivity index (χ3n) is 6.00. The number of amides is 2. The second-order valence-corrected chi connectivity index (χ2v) is 7.85. The van der Waals surface area contributed by atoms with E-state index in [1.54, 1.807) is 25.1 Å². The second kappa shape index (κ2) is 6.92. The number of halogens is 1. The minimum absolute atomic E-state index is 0.000567. The summed E-state index contributed by atoms with van der Waals surface area (Å²) >= 11 is 0. The molecule has 31 heavy (non-hydrogen) atoms. The van der Waals surface area contributed by atoms with E-state index in [9.17, 15) is 19.1 Å². The van der Waals surface area contributed by atoms with Crippen molar-refractivity contribution in [2.45, 2.75) is 19.1 Å². The van der Waals surface area contributed by atoms with Gasteiger partial charge in [-0.15, -0.1) is 0 Å². The van der Waals surface area contributed by atoms with Gasteiger partial charge in [0.05, 0.1) is 11.4 Å². The summed E-state index contributed by atoms with van der Waals surface area (Å²) < 4.78 is 13.4. The Morgan fingerprint density at radius 1 is 0.903 bits per heavy atom. The second-order valence-electron chi connectivity index (χ2n) is 7.85. The maximum Gasteiger partial charge on any atom is 0.266 e. The van der Waals surface area contributed by atoms with Crippen molar-refractivity contribution >= 4 is 23.2 Å². The number of anilines is 2. The number of rotatable bonds is 3. The predicted molar refractivity (Wildman–Crippen MR) is 112 cm³/mol. The summed E-state index contributed by atoms with van der Waals surface area (Å²) in [5.74, 6) is -1.47. The van der Waals surface area contributed by atoms with Gasteiger partial charge < -0.3 is 5.11 Å². The minimum atomic E-state index is -1.32. The van der Waals surface area contributed by atoms with Gasteiger partial charge in [-0.1, -0.05) is 36.4 Å². The van der Waals surface area contributed by atoms with Crippen LogP contribution in [0.3, 0.4) is 0 Å². The summed E-state index contributed by atoms with van der Waals surface area (Å²) in [6.45, 7) is 1.67. The first-order valence-electron chi connectivity index (χ1n) is 9.86. The van der Waals surface area contributed by atoms with Gasteiger partial charge in [-0.3, -0.25) is 14.4 Å². The van der Waals surface area contributed by atoms with Crippen LogP contribution < -0.4 is 9.96 Å². The normalized spacial score (nSPS) is 25.2. The highest BCUT2D eigenvalue weighted by molar-refractivity contribution is 6.25. The largest absolute Gasteiger partial charge is 0.508 e. The van der Waals surface area contributed by atoms with Crippen LogP contribution in [-0.2, 0) is 14.4 Å². The van der Waals surface area contributed by atoms with E-state index in [1.807, 2.05) is 30.3 Å². The number of hydrogen-bond donors (Lipinski definition) is 1. The van der Waals surface area contributed by atoms with Crippen LogP contribution in [0.2, 0.25) is 0 Å². The van der Waals surface area contributed by atoms with Gasteiger partial charge in [0, 0.05) is 5.56 Å². The van der Waals surface area contributed by atoms with Gasteiger partial charge in [0.25, 0.3) is 5.91 Å². The molecular formula is C24H19FN2O4. The summed E-state index contributed by atoms with van der Waals surface area (Å²) in [6.07, 6.45) is -1.10. The van der Waals surface area contributed by atoms with Gasteiger partial charge in [-0.25, -0.2) is 14.4 Å². The molecule has 2 saturated heterocycles. The number of carbonyl (C=O) groups excluding carboxylic acids is 2. The number of phenols is 1. The molecule has 0 radical (unpaired) electrons. The van der Waals surface area contributed by atoms with Gasteiger partial charge in [-0.05, 0) is 49.4 Å².